The summed E-state index contributed by atoms with van der Waals surface area (Å²) in [6, 6.07) is 3.79. The molecule has 3 nitrogen and oxygen atoms in total. The largest absolute Gasteiger partial charge is 0.496 e. The van der Waals surface area contributed by atoms with E-state index in [1.54, 1.807) is 13.3 Å². The first-order chi connectivity index (χ1) is 5.42. The van der Waals surface area contributed by atoms with Crippen LogP contribution in [-0.2, 0) is 0 Å². The second kappa shape index (κ2) is 2.27. The monoisotopic (exact) mass is 150 g/mol. The normalized spacial score (nSPS) is 10.3. The maximum atomic E-state index is 5.13. The van der Waals surface area contributed by atoms with E-state index in [0.29, 0.717) is 0 Å². The highest BCUT2D eigenvalue weighted by atomic mass is 16.5. The number of fused-ring (bicyclic) bond motifs is 1. The summed E-state index contributed by atoms with van der Waals surface area (Å²) in [5, 5.41) is 1.02. The lowest BCUT2D eigenvalue weighted by atomic mass is 10.3. The predicted octanol–water partition coefficient (Wildman–Crippen LogP) is 1.82. The Balaban J connectivity index is 0.000000720. The summed E-state index contributed by atoms with van der Waals surface area (Å²) < 4.78 is 5.13. The van der Waals surface area contributed by atoms with Gasteiger partial charge >= 0.3 is 0 Å². The highest BCUT2D eigenvalue weighted by Crippen LogP contribution is 2.21. The summed E-state index contributed by atoms with van der Waals surface area (Å²) in [5.41, 5.74) is 0.865. The fourth-order valence-electron chi connectivity index (χ4n) is 1.11. The molecule has 11 heavy (non-hydrogen) atoms. The van der Waals surface area contributed by atoms with E-state index in [0.717, 1.165) is 16.8 Å². The third-order valence-electron chi connectivity index (χ3n) is 1.64. The van der Waals surface area contributed by atoms with Crippen molar-refractivity contribution >= 4 is 11.0 Å². The minimum Gasteiger partial charge on any atom is -0.496 e. The second-order valence-electron chi connectivity index (χ2n) is 2.25. The Morgan fingerprint density at radius 1 is 1.55 bits per heavy atom. The standard InChI is InChI=1S/C8H8N2O.H2/c1-11-7-3-5-10-8-6(7)2-4-9-8;/h2-5H,1H3,(H,9,10);1H. The summed E-state index contributed by atoms with van der Waals surface area (Å²) in [6.07, 6.45) is 3.57. The summed E-state index contributed by atoms with van der Waals surface area (Å²) >= 11 is 0. The lowest BCUT2D eigenvalue weighted by Crippen LogP contribution is -1.83. The molecular weight excluding hydrogens is 140 g/mol. The van der Waals surface area contributed by atoms with Crippen LogP contribution in [-0.4, -0.2) is 17.1 Å². The summed E-state index contributed by atoms with van der Waals surface area (Å²) in [6.45, 7) is 0. The first-order valence-electron chi connectivity index (χ1n) is 3.38. The van der Waals surface area contributed by atoms with Crippen LogP contribution >= 0.6 is 0 Å². The van der Waals surface area contributed by atoms with Crippen molar-refractivity contribution in [3.05, 3.63) is 24.5 Å². The number of methoxy groups -OCH3 is 1. The Labute approximate surface area is 65.5 Å². The zero-order valence-electron chi connectivity index (χ0n) is 6.16. The number of aromatic amines is 1. The van der Waals surface area contributed by atoms with E-state index in [4.69, 9.17) is 4.74 Å². The van der Waals surface area contributed by atoms with Crippen molar-refractivity contribution < 1.29 is 6.16 Å². The molecule has 1 N–H and O–H groups in total. The van der Waals surface area contributed by atoms with E-state index in [1.165, 1.54) is 0 Å². The van der Waals surface area contributed by atoms with Crippen molar-refractivity contribution in [2.45, 2.75) is 0 Å². The predicted molar refractivity (Wildman–Crippen MR) is 44.8 cm³/mol. The van der Waals surface area contributed by atoms with Crippen molar-refractivity contribution in [2.24, 2.45) is 0 Å². The number of nitrogens with zero attached hydrogens (tertiary/aromatic N) is 1. The lowest BCUT2D eigenvalue weighted by molar-refractivity contribution is 0.419. The van der Waals surface area contributed by atoms with Crippen molar-refractivity contribution in [1.82, 2.24) is 9.97 Å². The van der Waals surface area contributed by atoms with Crippen LogP contribution in [0.1, 0.15) is 1.43 Å². The molecule has 2 aromatic rings. The van der Waals surface area contributed by atoms with E-state index in [-0.39, 0.29) is 1.43 Å². The minimum atomic E-state index is 0. The first kappa shape index (κ1) is 6.22. The molecule has 0 aliphatic carbocycles. The van der Waals surface area contributed by atoms with Gasteiger partial charge in [-0.1, -0.05) is 0 Å². The number of hydrogen-bond donors (Lipinski definition) is 1. The average Bonchev–Trinajstić information content (AvgIpc) is 2.50. The molecule has 0 saturated carbocycles. The Kier molecular flexibility index (Phi) is 1.28. The van der Waals surface area contributed by atoms with Gasteiger partial charge < -0.3 is 9.72 Å². The molecule has 0 unspecified atom stereocenters. The molecule has 2 aromatic heterocycles. The number of hydrogen-bond acceptors (Lipinski definition) is 2. The molecule has 0 radical (unpaired) electrons. The quantitative estimate of drug-likeness (QED) is 0.673. The van der Waals surface area contributed by atoms with Gasteiger partial charge in [-0.05, 0) is 12.1 Å². The Bertz CT molecular complexity index is 372. The van der Waals surface area contributed by atoms with Crippen molar-refractivity contribution in [2.75, 3.05) is 7.11 Å². The van der Waals surface area contributed by atoms with Gasteiger partial charge in [-0.3, -0.25) is 0 Å². The van der Waals surface area contributed by atoms with E-state index >= 15 is 0 Å². The van der Waals surface area contributed by atoms with Crippen LogP contribution in [0.3, 0.4) is 0 Å². The molecule has 0 aliphatic heterocycles. The molecule has 0 saturated heterocycles. The van der Waals surface area contributed by atoms with Gasteiger partial charge in [0.2, 0.25) is 0 Å². The SMILES string of the molecule is COc1ccnc2[nH]ccc12.[HH]. The molecule has 2 rings (SSSR count). The molecule has 2 heterocycles. The van der Waals surface area contributed by atoms with Gasteiger partial charge in [-0.25, -0.2) is 4.98 Å². The van der Waals surface area contributed by atoms with Crippen LogP contribution in [0, 0.1) is 0 Å². The minimum absolute atomic E-state index is 0. The fourth-order valence-corrected chi connectivity index (χ4v) is 1.11. The van der Waals surface area contributed by atoms with E-state index < -0.39 is 0 Å². The maximum Gasteiger partial charge on any atom is 0.140 e. The van der Waals surface area contributed by atoms with Crippen LogP contribution in [0.15, 0.2) is 24.5 Å². The molecule has 58 valence electrons. The Morgan fingerprint density at radius 2 is 2.45 bits per heavy atom. The van der Waals surface area contributed by atoms with Crippen molar-refractivity contribution in [1.29, 1.82) is 0 Å². The van der Waals surface area contributed by atoms with Gasteiger partial charge in [-0.2, -0.15) is 0 Å². The van der Waals surface area contributed by atoms with Gasteiger partial charge in [-0.15, -0.1) is 0 Å². The van der Waals surface area contributed by atoms with Gasteiger partial charge in [0.25, 0.3) is 0 Å². The number of ether oxygens (including phenoxy) is 1. The van der Waals surface area contributed by atoms with Crippen LogP contribution in [0.25, 0.3) is 11.0 Å². The van der Waals surface area contributed by atoms with E-state index in [1.807, 2.05) is 18.3 Å². The number of aromatic nitrogens is 2. The summed E-state index contributed by atoms with van der Waals surface area (Å²) in [4.78, 5) is 7.12. The zero-order chi connectivity index (χ0) is 7.68. The second-order valence-corrected chi connectivity index (χ2v) is 2.25. The molecule has 0 aromatic carbocycles. The van der Waals surface area contributed by atoms with Crippen LogP contribution in [0.5, 0.6) is 5.75 Å². The highest BCUT2D eigenvalue weighted by molar-refractivity contribution is 5.82. The topological polar surface area (TPSA) is 37.9 Å². The smallest absolute Gasteiger partial charge is 0.140 e. The molecular formula is C8H10N2O. The molecule has 0 bridgehead atoms. The van der Waals surface area contributed by atoms with Crippen molar-refractivity contribution in [3.63, 3.8) is 0 Å². The van der Waals surface area contributed by atoms with Crippen LogP contribution in [0.4, 0.5) is 0 Å². The molecule has 3 heteroatoms. The van der Waals surface area contributed by atoms with Crippen molar-refractivity contribution in [3.8, 4) is 5.75 Å². The van der Waals surface area contributed by atoms with E-state index in [9.17, 15) is 0 Å². The number of H-pyrrole nitrogens is 1. The highest BCUT2D eigenvalue weighted by Gasteiger charge is 2.00. The maximum absolute atomic E-state index is 5.13. The molecule has 0 spiro atoms. The number of nitrogens with one attached hydrogen (secondary N) is 1. The number of pyridine rings is 1. The zero-order valence-corrected chi connectivity index (χ0v) is 6.16. The molecule has 0 amide bonds. The third-order valence-corrected chi connectivity index (χ3v) is 1.64. The Hall–Kier alpha value is -1.51. The Morgan fingerprint density at radius 3 is 3.27 bits per heavy atom. The third kappa shape index (κ3) is 0.852. The van der Waals surface area contributed by atoms with Gasteiger partial charge in [0, 0.05) is 13.8 Å². The molecule has 0 fully saturated rings. The van der Waals surface area contributed by atoms with Crippen LogP contribution in [0.2, 0.25) is 0 Å². The fraction of sp³-hybridized carbons (Fsp3) is 0.125. The van der Waals surface area contributed by atoms with Gasteiger partial charge in [0.15, 0.2) is 0 Å². The summed E-state index contributed by atoms with van der Waals surface area (Å²) in [5.74, 6) is 0.858. The van der Waals surface area contributed by atoms with Crippen LogP contribution < -0.4 is 4.74 Å². The first-order valence-corrected chi connectivity index (χ1v) is 3.38. The number of rotatable bonds is 1. The van der Waals surface area contributed by atoms with Gasteiger partial charge in [0.05, 0.1) is 12.5 Å². The van der Waals surface area contributed by atoms with E-state index in [2.05, 4.69) is 9.97 Å². The molecule has 0 atom stereocenters. The molecule has 0 aliphatic rings. The summed E-state index contributed by atoms with van der Waals surface area (Å²) in [7, 11) is 1.65. The lowest BCUT2D eigenvalue weighted by Gasteiger charge is -1.98. The average molecular weight is 150 g/mol. The van der Waals surface area contributed by atoms with Gasteiger partial charge in [0.1, 0.15) is 11.4 Å².